The molecule has 2 N–H and O–H groups in total. The van der Waals surface area contributed by atoms with Gasteiger partial charge in [-0.15, -0.1) is 0 Å². The average Bonchev–Trinajstić information content (AvgIpc) is 2.07. The molecular formula is C9H9FO2. The van der Waals surface area contributed by atoms with Crippen LogP contribution in [0.25, 0.3) is 6.08 Å². The van der Waals surface area contributed by atoms with Gasteiger partial charge in [-0.25, -0.2) is 4.39 Å². The quantitative estimate of drug-likeness (QED) is 0.703. The van der Waals surface area contributed by atoms with Crippen LogP contribution in [0.2, 0.25) is 0 Å². The van der Waals surface area contributed by atoms with Crippen LogP contribution in [0.4, 0.5) is 4.39 Å². The van der Waals surface area contributed by atoms with Crippen LogP contribution in [0.3, 0.4) is 0 Å². The number of halogens is 1. The Morgan fingerprint density at radius 1 is 1.42 bits per heavy atom. The summed E-state index contributed by atoms with van der Waals surface area (Å²) in [5, 5.41) is 17.6. The van der Waals surface area contributed by atoms with Crippen LogP contribution in [-0.4, -0.2) is 16.8 Å². The van der Waals surface area contributed by atoms with Gasteiger partial charge in [-0.2, -0.15) is 0 Å². The Kier molecular flexibility index (Phi) is 2.82. The summed E-state index contributed by atoms with van der Waals surface area (Å²) in [6, 6.07) is 3.64. The smallest absolute Gasteiger partial charge is 0.124 e. The lowest BCUT2D eigenvalue weighted by atomic mass is 10.2. The number of aliphatic hydroxyl groups excluding tert-OH is 1. The molecule has 1 aromatic rings. The minimum absolute atomic E-state index is 0.00102. The normalized spacial score (nSPS) is 10.8. The van der Waals surface area contributed by atoms with E-state index < -0.39 is 5.82 Å². The maximum Gasteiger partial charge on any atom is 0.124 e. The van der Waals surface area contributed by atoms with Gasteiger partial charge in [-0.3, -0.25) is 0 Å². The van der Waals surface area contributed by atoms with Crippen LogP contribution >= 0.6 is 0 Å². The van der Waals surface area contributed by atoms with Gasteiger partial charge in [-0.05, 0) is 18.2 Å². The monoisotopic (exact) mass is 168 g/mol. The predicted molar refractivity (Wildman–Crippen MR) is 44.2 cm³/mol. The van der Waals surface area contributed by atoms with Crippen LogP contribution in [-0.2, 0) is 0 Å². The molecule has 2 nitrogen and oxygen atoms in total. The Bertz CT molecular complexity index is 295. The minimum Gasteiger partial charge on any atom is -0.507 e. The molecule has 0 spiro atoms. The first-order valence-electron chi connectivity index (χ1n) is 3.50. The van der Waals surface area contributed by atoms with Gasteiger partial charge in [0.05, 0.1) is 6.61 Å². The van der Waals surface area contributed by atoms with Gasteiger partial charge in [0.1, 0.15) is 11.6 Å². The summed E-state index contributed by atoms with van der Waals surface area (Å²) >= 11 is 0. The van der Waals surface area contributed by atoms with Gasteiger partial charge in [0.2, 0.25) is 0 Å². The third kappa shape index (κ3) is 2.07. The van der Waals surface area contributed by atoms with Gasteiger partial charge >= 0.3 is 0 Å². The fourth-order valence-corrected chi connectivity index (χ4v) is 0.839. The second kappa shape index (κ2) is 3.88. The molecule has 0 atom stereocenters. The molecule has 0 radical (unpaired) electrons. The molecule has 0 fully saturated rings. The van der Waals surface area contributed by atoms with E-state index in [0.29, 0.717) is 5.56 Å². The number of phenols is 1. The Labute approximate surface area is 69.6 Å². The fraction of sp³-hybridized carbons (Fsp3) is 0.111. The zero-order chi connectivity index (χ0) is 8.97. The second-order valence-electron chi connectivity index (χ2n) is 2.29. The zero-order valence-corrected chi connectivity index (χ0v) is 6.37. The largest absolute Gasteiger partial charge is 0.507 e. The lowest BCUT2D eigenvalue weighted by molar-refractivity contribution is 0.343. The molecule has 0 heterocycles. The van der Waals surface area contributed by atoms with E-state index in [1.807, 2.05) is 0 Å². The van der Waals surface area contributed by atoms with Crippen molar-refractivity contribution in [1.29, 1.82) is 0 Å². The van der Waals surface area contributed by atoms with Crippen molar-refractivity contribution < 1.29 is 14.6 Å². The van der Waals surface area contributed by atoms with E-state index in [2.05, 4.69) is 0 Å². The molecule has 0 amide bonds. The van der Waals surface area contributed by atoms with Crippen molar-refractivity contribution >= 4 is 6.08 Å². The number of rotatable bonds is 2. The molecule has 0 aromatic heterocycles. The molecule has 64 valence electrons. The Morgan fingerprint density at radius 2 is 2.17 bits per heavy atom. The molecule has 0 aliphatic heterocycles. The molecule has 0 aliphatic rings. The minimum atomic E-state index is -0.412. The van der Waals surface area contributed by atoms with E-state index in [1.54, 1.807) is 0 Å². The summed E-state index contributed by atoms with van der Waals surface area (Å²) in [5.41, 5.74) is 0.365. The van der Waals surface area contributed by atoms with E-state index in [-0.39, 0.29) is 12.4 Å². The summed E-state index contributed by atoms with van der Waals surface area (Å²) in [7, 11) is 0. The lowest BCUT2D eigenvalue weighted by Crippen LogP contribution is -1.79. The van der Waals surface area contributed by atoms with Gasteiger partial charge in [0.25, 0.3) is 0 Å². The lowest BCUT2D eigenvalue weighted by Gasteiger charge is -1.97. The van der Waals surface area contributed by atoms with Crippen molar-refractivity contribution in [2.24, 2.45) is 0 Å². The van der Waals surface area contributed by atoms with E-state index in [9.17, 15) is 4.39 Å². The highest BCUT2D eigenvalue weighted by atomic mass is 19.1. The Balaban J connectivity index is 2.97. The predicted octanol–water partition coefficient (Wildman–Crippen LogP) is 1.54. The first-order valence-corrected chi connectivity index (χ1v) is 3.50. The number of hydrogen-bond donors (Lipinski definition) is 2. The second-order valence-corrected chi connectivity index (χ2v) is 2.29. The fourth-order valence-electron chi connectivity index (χ4n) is 0.839. The zero-order valence-electron chi connectivity index (χ0n) is 6.37. The van der Waals surface area contributed by atoms with Gasteiger partial charge in [0, 0.05) is 5.56 Å². The molecular weight excluding hydrogens is 159 g/mol. The summed E-state index contributed by atoms with van der Waals surface area (Å²) in [4.78, 5) is 0. The van der Waals surface area contributed by atoms with Gasteiger partial charge < -0.3 is 10.2 Å². The molecule has 0 saturated heterocycles. The SMILES string of the molecule is OCC=Cc1cc(F)ccc1O. The first-order chi connectivity index (χ1) is 5.74. The summed E-state index contributed by atoms with van der Waals surface area (Å²) < 4.78 is 12.6. The topological polar surface area (TPSA) is 40.5 Å². The number of aliphatic hydroxyl groups is 1. The maximum absolute atomic E-state index is 12.6. The third-order valence-electron chi connectivity index (χ3n) is 1.39. The average molecular weight is 168 g/mol. The van der Waals surface area contributed by atoms with Gasteiger partial charge in [-0.1, -0.05) is 12.2 Å². The molecule has 3 heteroatoms. The van der Waals surface area contributed by atoms with Crippen molar-refractivity contribution in [2.45, 2.75) is 0 Å². The molecule has 0 unspecified atom stereocenters. The number of hydrogen-bond acceptors (Lipinski definition) is 2. The molecule has 12 heavy (non-hydrogen) atoms. The van der Waals surface area contributed by atoms with Crippen LogP contribution in [0, 0.1) is 5.82 Å². The molecule has 1 aromatic carbocycles. The first kappa shape index (κ1) is 8.74. The Hall–Kier alpha value is -1.35. The number of benzene rings is 1. The van der Waals surface area contributed by atoms with Crippen LogP contribution in [0.1, 0.15) is 5.56 Å². The maximum atomic E-state index is 12.6. The van der Waals surface area contributed by atoms with Crippen molar-refractivity contribution in [3.8, 4) is 5.75 Å². The van der Waals surface area contributed by atoms with E-state index in [1.165, 1.54) is 30.4 Å². The van der Waals surface area contributed by atoms with Crippen molar-refractivity contribution in [1.82, 2.24) is 0 Å². The Morgan fingerprint density at radius 3 is 2.83 bits per heavy atom. The van der Waals surface area contributed by atoms with E-state index in [4.69, 9.17) is 10.2 Å². The molecule has 1 rings (SSSR count). The van der Waals surface area contributed by atoms with Gasteiger partial charge in [0.15, 0.2) is 0 Å². The van der Waals surface area contributed by atoms with Crippen LogP contribution < -0.4 is 0 Å². The van der Waals surface area contributed by atoms with Crippen molar-refractivity contribution in [3.05, 3.63) is 35.7 Å². The number of phenolic OH excluding ortho intramolecular Hbond substituents is 1. The molecule has 0 saturated carbocycles. The highest BCUT2D eigenvalue weighted by molar-refractivity contribution is 5.56. The summed E-state index contributed by atoms with van der Waals surface area (Å²) in [6.45, 7) is -0.129. The van der Waals surface area contributed by atoms with Crippen LogP contribution in [0.15, 0.2) is 24.3 Å². The summed E-state index contributed by atoms with van der Waals surface area (Å²) in [5.74, 6) is -0.411. The molecule has 0 aliphatic carbocycles. The molecule has 0 bridgehead atoms. The standard InChI is InChI=1S/C9H9FO2/c10-8-3-4-9(12)7(6-8)2-1-5-11/h1-4,6,11-12H,5H2. The summed E-state index contributed by atoms with van der Waals surface area (Å²) in [6.07, 6.45) is 2.88. The number of aromatic hydroxyl groups is 1. The highest BCUT2D eigenvalue weighted by Gasteiger charge is 1.97. The third-order valence-corrected chi connectivity index (χ3v) is 1.39. The van der Waals surface area contributed by atoms with Crippen molar-refractivity contribution in [3.63, 3.8) is 0 Å². The van der Waals surface area contributed by atoms with Crippen LogP contribution in [0.5, 0.6) is 5.75 Å². The highest BCUT2D eigenvalue weighted by Crippen LogP contribution is 2.18. The van der Waals surface area contributed by atoms with Crippen molar-refractivity contribution in [2.75, 3.05) is 6.61 Å². The van der Waals surface area contributed by atoms with E-state index in [0.717, 1.165) is 0 Å². The van der Waals surface area contributed by atoms with E-state index >= 15 is 0 Å².